The van der Waals surface area contributed by atoms with Crippen molar-refractivity contribution in [2.45, 2.75) is 45.4 Å². The van der Waals surface area contributed by atoms with Crippen LogP contribution >= 0.6 is 0 Å². The van der Waals surface area contributed by atoms with Crippen LogP contribution in [0.1, 0.15) is 35.1 Å². The number of piperidine rings is 1. The minimum atomic E-state index is -3.59. The van der Waals surface area contributed by atoms with E-state index in [0.717, 1.165) is 46.8 Å². The summed E-state index contributed by atoms with van der Waals surface area (Å²) in [6.45, 7) is 11.4. The summed E-state index contributed by atoms with van der Waals surface area (Å²) in [5.74, 6) is 0.879. The standard InChI is InChI=1S/C27H37N3O4S/c1-19-18-20(2)22(4)26(21(19)3)35(32,33)30-12-10-23(11-13-30)27(31)29-16-14-28(15-17-29)24-6-8-25(34-5)9-7-24/h6-9,18,23H,10-17H2,1-5H3. The van der Waals surface area contributed by atoms with Crippen molar-refractivity contribution in [3.05, 3.63) is 52.6 Å². The van der Waals surface area contributed by atoms with Gasteiger partial charge in [-0.2, -0.15) is 4.31 Å². The molecule has 2 saturated heterocycles. The highest BCUT2D eigenvalue weighted by Crippen LogP contribution is 2.32. The normalized spacial score (nSPS) is 18.1. The second kappa shape index (κ2) is 10.2. The van der Waals surface area contributed by atoms with Crippen LogP contribution in [0.2, 0.25) is 0 Å². The Balaban J connectivity index is 1.36. The van der Waals surface area contributed by atoms with Gasteiger partial charge in [0.2, 0.25) is 15.9 Å². The number of carbonyl (C=O) groups is 1. The maximum absolute atomic E-state index is 13.5. The Labute approximate surface area is 209 Å². The quantitative estimate of drug-likeness (QED) is 0.628. The van der Waals surface area contributed by atoms with E-state index >= 15 is 0 Å². The van der Waals surface area contributed by atoms with Crippen LogP contribution in [0.3, 0.4) is 0 Å². The first-order valence-corrected chi connectivity index (χ1v) is 13.8. The Morgan fingerprint density at radius 1 is 0.857 bits per heavy atom. The number of nitrogens with zero attached hydrogens (tertiary/aromatic N) is 3. The summed E-state index contributed by atoms with van der Waals surface area (Å²) >= 11 is 0. The van der Waals surface area contributed by atoms with Gasteiger partial charge in [0.1, 0.15) is 5.75 Å². The zero-order valence-corrected chi connectivity index (χ0v) is 22.3. The number of anilines is 1. The number of hydrogen-bond acceptors (Lipinski definition) is 5. The van der Waals surface area contributed by atoms with Crippen molar-refractivity contribution >= 4 is 21.6 Å². The van der Waals surface area contributed by atoms with Gasteiger partial charge in [-0.15, -0.1) is 0 Å². The van der Waals surface area contributed by atoms with Crippen molar-refractivity contribution in [2.75, 3.05) is 51.3 Å². The smallest absolute Gasteiger partial charge is 0.243 e. The molecule has 2 aromatic rings. The van der Waals surface area contributed by atoms with E-state index in [2.05, 4.69) is 4.90 Å². The molecule has 0 radical (unpaired) electrons. The van der Waals surface area contributed by atoms with E-state index in [1.54, 1.807) is 11.4 Å². The molecule has 0 unspecified atom stereocenters. The van der Waals surface area contributed by atoms with Gasteiger partial charge in [0.25, 0.3) is 0 Å². The number of ether oxygens (including phenoxy) is 1. The van der Waals surface area contributed by atoms with Crippen LogP contribution in [0.5, 0.6) is 5.75 Å². The molecule has 8 heteroatoms. The molecule has 35 heavy (non-hydrogen) atoms. The van der Waals surface area contributed by atoms with E-state index in [0.29, 0.717) is 43.9 Å². The van der Waals surface area contributed by atoms with Gasteiger partial charge in [0.05, 0.1) is 12.0 Å². The summed E-state index contributed by atoms with van der Waals surface area (Å²) in [7, 11) is -1.93. The molecule has 2 aliphatic rings. The SMILES string of the molecule is COc1ccc(N2CCN(C(=O)C3CCN(S(=O)(=O)c4c(C)c(C)cc(C)c4C)CC3)CC2)cc1. The topological polar surface area (TPSA) is 70.2 Å². The third-order valence-corrected chi connectivity index (χ3v) is 9.90. The molecule has 2 aromatic carbocycles. The molecule has 190 valence electrons. The zero-order chi connectivity index (χ0) is 25.3. The number of hydrogen-bond donors (Lipinski definition) is 0. The maximum Gasteiger partial charge on any atom is 0.243 e. The van der Waals surface area contributed by atoms with Crippen LogP contribution in [0.25, 0.3) is 0 Å². The fourth-order valence-electron chi connectivity index (χ4n) is 5.28. The van der Waals surface area contributed by atoms with Crippen molar-refractivity contribution in [2.24, 2.45) is 5.92 Å². The second-order valence-electron chi connectivity index (χ2n) is 9.78. The number of sulfonamides is 1. The highest BCUT2D eigenvalue weighted by Gasteiger charge is 2.36. The fraction of sp³-hybridized carbons (Fsp3) is 0.519. The average Bonchev–Trinajstić information content (AvgIpc) is 2.87. The van der Waals surface area contributed by atoms with Crippen LogP contribution < -0.4 is 9.64 Å². The Bertz CT molecular complexity index is 1150. The third-order valence-electron chi connectivity index (χ3n) is 7.73. The van der Waals surface area contributed by atoms with Gasteiger partial charge in [-0.05, 0) is 87.1 Å². The van der Waals surface area contributed by atoms with Crippen molar-refractivity contribution in [1.82, 2.24) is 9.21 Å². The molecule has 0 N–H and O–H groups in total. The molecule has 0 aliphatic carbocycles. The van der Waals surface area contributed by atoms with Crippen LogP contribution in [0.15, 0.2) is 35.2 Å². The molecule has 0 atom stereocenters. The van der Waals surface area contributed by atoms with Crippen molar-refractivity contribution in [3.63, 3.8) is 0 Å². The summed E-state index contributed by atoms with van der Waals surface area (Å²) < 4.78 is 33.9. The van der Waals surface area contributed by atoms with Crippen LogP contribution in [0, 0.1) is 33.6 Å². The summed E-state index contributed by atoms with van der Waals surface area (Å²) in [5.41, 5.74) is 4.76. The van der Waals surface area contributed by atoms with Crippen LogP contribution in [-0.2, 0) is 14.8 Å². The molecule has 2 fully saturated rings. The number of carbonyl (C=O) groups excluding carboxylic acids is 1. The monoisotopic (exact) mass is 499 g/mol. The molecule has 0 saturated carbocycles. The zero-order valence-electron chi connectivity index (χ0n) is 21.5. The fourth-order valence-corrected chi connectivity index (χ4v) is 7.32. The highest BCUT2D eigenvalue weighted by atomic mass is 32.2. The predicted octanol–water partition coefficient (Wildman–Crippen LogP) is 3.68. The number of amides is 1. The second-order valence-corrected chi connectivity index (χ2v) is 11.7. The first-order chi connectivity index (χ1) is 16.6. The molecule has 2 heterocycles. The number of aryl methyl sites for hydroxylation is 2. The van der Waals surface area contributed by atoms with Crippen molar-refractivity contribution < 1.29 is 17.9 Å². The molecule has 0 bridgehead atoms. The molecule has 7 nitrogen and oxygen atoms in total. The summed E-state index contributed by atoms with van der Waals surface area (Å²) in [6, 6.07) is 10.0. The molecule has 4 rings (SSSR count). The number of benzene rings is 2. The molecule has 0 aromatic heterocycles. The van der Waals surface area contributed by atoms with Gasteiger partial charge in [-0.1, -0.05) is 6.07 Å². The lowest BCUT2D eigenvalue weighted by Crippen LogP contribution is -2.52. The largest absolute Gasteiger partial charge is 0.497 e. The minimum Gasteiger partial charge on any atom is -0.497 e. The number of piperazine rings is 1. The number of rotatable bonds is 5. The molecular formula is C27H37N3O4S. The predicted molar refractivity (Wildman–Crippen MR) is 139 cm³/mol. The van der Waals surface area contributed by atoms with Gasteiger partial charge < -0.3 is 14.5 Å². The van der Waals surface area contributed by atoms with Gasteiger partial charge in [0, 0.05) is 50.9 Å². The van der Waals surface area contributed by atoms with E-state index in [-0.39, 0.29) is 11.8 Å². The first-order valence-electron chi connectivity index (χ1n) is 12.4. The molecule has 1 amide bonds. The average molecular weight is 500 g/mol. The Hall–Kier alpha value is -2.58. The lowest BCUT2D eigenvalue weighted by atomic mass is 9.96. The minimum absolute atomic E-state index is 0.115. The highest BCUT2D eigenvalue weighted by molar-refractivity contribution is 7.89. The molecule has 2 aliphatic heterocycles. The van der Waals surface area contributed by atoms with Gasteiger partial charge in [-0.25, -0.2) is 8.42 Å². The van der Waals surface area contributed by atoms with Gasteiger partial charge >= 0.3 is 0 Å². The van der Waals surface area contributed by atoms with E-state index < -0.39 is 10.0 Å². The summed E-state index contributed by atoms with van der Waals surface area (Å²) in [5, 5.41) is 0. The van der Waals surface area contributed by atoms with Crippen molar-refractivity contribution in [3.8, 4) is 5.75 Å². The van der Waals surface area contributed by atoms with Crippen LogP contribution in [0.4, 0.5) is 5.69 Å². The lowest BCUT2D eigenvalue weighted by Gasteiger charge is -2.39. The van der Waals surface area contributed by atoms with E-state index in [1.165, 1.54) is 0 Å². The molecule has 0 spiro atoms. The first kappa shape index (κ1) is 25.5. The Morgan fingerprint density at radius 3 is 1.91 bits per heavy atom. The van der Waals surface area contributed by atoms with E-state index in [9.17, 15) is 13.2 Å². The molecular weight excluding hydrogens is 462 g/mol. The summed E-state index contributed by atoms with van der Waals surface area (Å²) in [4.78, 5) is 17.9. The van der Waals surface area contributed by atoms with Gasteiger partial charge in [0.15, 0.2) is 0 Å². The summed E-state index contributed by atoms with van der Waals surface area (Å²) in [6.07, 6.45) is 1.14. The van der Waals surface area contributed by atoms with Crippen LogP contribution in [-0.4, -0.2) is 69.9 Å². The number of methoxy groups -OCH3 is 1. The van der Waals surface area contributed by atoms with Crippen molar-refractivity contribution in [1.29, 1.82) is 0 Å². The van der Waals surface area contributed by atoms with E-state index in [4.69, 9.17) is 4.74 Å². The maximum atomic E-state index is 13.5. The van der Waals surface area contributed by atoms with Gasteiger partial charge in [-0.3, -0.25) is 4.79 Å². The third kappa shape index (κ3) is 5.05. The van der Waals surface area contributed by atoms with E-state index in [1.807, 2.05) is 62.9 Å². The Morgan fingerprint density at radius 2 is 1.40 bits per heavy atom. The lowest BCUT2D eigenvalue weighted by molar-refractivity contribution is -0.137. The Kier molecular flexibility index (Phi) is 7.43.